The van der Waals surface area contributed by atoms with Gasteiger partial charge in [0, 0.05) is 28.8 Å². The number of carbonyl (C=O) groups is 1. The summed E-state index contributed by atoms with van der Waals surface area (Å²) in [7, 11) is 0. The van der Waals surface area contributed by atoms with Crippen molar-refractivity contribution in [3.63, 3.8) is 0 Å². The molecule has 0 N–H and O–H groups in total. The van der Waals surface area contributed by atoms with Crippen LogP contribution in [0.3, 0.4) is 0 Å². The van der Waals surface area contributed by atoms with Gasteiger partial charge in [0.25, 0.3) is 0 Å². The summed E-state index contributed by atoms with van der Waals surface area (Å²) in [6.45, 7) is 7.31. The van der Waals surface area contributed by atoms with E-state index in [0.717, 1.165) is 30.3 Å². The van der Waals surface area contributed by atoms with E-state index >= 15 is 0 Å². The largest absolute Gasteiger partial charge is 0.444 e. The van der Waals surface area contributed by atoms with Gasteiger partial charge in [-0.15, -0.1) is 11.8 Å². The van der Waals surface area contributed by atoms with Crippen LogP contribution in [0.5, 0.6) is 0 Å². The molecule has 0 aliphatic carbocycles. The Hall–Kier alpha value is -0.870. The first-order valence-electron chi connectivity index (χ1n) is 7.70. The summed E-state index contributed by atoms with van der Waals surface area (Å²) in [5.74, 6) is 1.53. The van der Waals surface area contributed by atoms with Gasteiger partial charge in [0.05, 0.1) is 0 Å². The fourth-order valence-corrected chi connectivity index (χ4v) is 3.59. The van der Waals surface area contributed by atoms with Crippen LogP contribution in [-0.2, 0) is 4.74 Å². The number of hydrogen-bond acceptors (Lipinski definition) is 3. The topological polar surface area (TPSA) is 29.5 Å². The molecule has 0 spiro atoms. The van der Waals surface area contributed by atoms with E-state index < -0.39 is 5.60 Å². The average molecular weight is 342 g/mol. The summed E-state index contributed by atoms with van der Waals surface area (Å²) in [6, 6.07) is 7.92. The molecule has 1 aliphatic heterocycles. The van der Waals surface area contributed by atoms with Gasteiger partial charge in [-0.1, -0.05) is 11.6 Å². The summed E-state index contributed by atoms with van der Waals surface area (Å²) < 4.78 is 5.47. The molecule has 2 rings (SSSR count). The maximum absolute atomic E-state index is 12.2. The van der Waals surface area contributed by atoms with Crippen LogP contribution in [0.4, 0.5) is 4.79 Å². The summed E-state index contributed by atoms with van der Waals surface area (Å²) in [5, 5.41) is 0.762. The second kappa shape index (κ2) is 7.60. The minimum Gasteiger partial charge on any atom is -0.444 e. The third-order valence-corrected chi connectivity index (χ3v) is 4.97. The van der Waals surface area contributed by atoms with Gasteiger partial charge < -0.3 is 9.64 Å². The minimum atomic E-state index is -0.428. The number of halogens is 1. The Bertz CT molecular complexity index is 498. The quantitative estimate of drug-likeness (QED) is 0.718. The molecular weight excluding hydrogens is 318 g/mol. The number of ether oxygens (including phenoxy) is 1. The van der Waals surface area contributed by atoms with E-state index in [9.17, 15) is 4.79 Å². The molecule has 1 aromatic carbocycles. The summed E-state index contributed by atoms with van der Waals surface area (Å²) >= 11 is 7.73. The van der Waals surface area contributed by atoms with Gasteiger partial charge in [0.1, 0.15) is 5.60 Å². The van der Waals surface area contributed by atoms with Gasteiger partial charge >= 0.3 is 6.09 Å². The van der Waals surface area contributed by atoms with E-state index in [1.165, 1.54) is 11.3 Å². The molecule has 3 nitrogen and oxygen atoms in total. The normalized spacial score (nSPS) is 19.1. The number of hydrogen-bond donors (Lipinski definition) is 0. The van der Waals surface area contributed by atoms with Crippen molar-refractivity contribution in [3.8, 4) is 0 Å². The Labute approximate surface area is 142 Å². The third kappa shape index (κ3) is 5.73. The fraction of sp³-hybridized carbons (Fsp3) is 0.588. The first-order valence-corrected chi connectivity index (χ1v) is 9.06. The molecule has 122 valence electrons. The smallest absolute Gasteiger partial charge is 0.410 e. The van der Waals surface area contributed by atoms with Gasteiger partial charge in [-0.05, 0) is 63.8 Å². The monoisotopic (exact) mass is 341 g/mol. The predicted molar refractivity (Wildman–Crippen MR) is 92.7 cm³/mol. The Morgan fingerprint density at radius 1 is 1.36 bits per heavy atom. The van der Waals surface area contributed by atoms with E-state index in [0.29, 0.717) is 5.92 Å². The molecular formula is C17H24ClNO2S. The van der Waals surface area contributed by atoms with Crippen molar-refractivity contribution >= 4 is 29.5 Å². The van der Waals surface area contributed by atoms with Crippen LogP contribution in [0.1, 0.15) is 33.6 Å². The van der Waals surface area contributed by atoms with Gasteiger partial charge in [-0.2, -0.15) is 0 Å². The summed E-state index contributed by atoms with van der Waals surface area (Å²) in [6.07, 6.45) is 2.03. The lowest BCUT2D eigenvalue weighted by molar-refractivity contribution is 0.0177. The average Bonchev–Trinajstić information content (AvgIpc) is 2.45. The zero-order valence-corrected chi connectivity index (χ0v) is 15.0. The molecule has 1 saturated heterocycles. The van der Waals surface area contributed by atoms with Crippen LogP contribution >= 0.6 is 23.4 Å². The van der Waals surface area contributed by atoms with E-state index in [2.05, 4.69) is 0 Å². The number of carbonyl (C=O) groups excluding carboxylic acids is 1. The Balaban J connectivity index is 1.82. The Morgan fingerprint density at radius 2 is 2.05 bits per heavy atom. The molecule has 0 aromatic heterocycles. The molecule has 0 bridgehead atoms. The second-order valence-corrected chi connectivity index (χ2v) is 8.23. The molecule has 5 heteroatoms. The highest BCUT2D eigenvalue weighted by molar-refractivity contribution is 7.99. The molecule has 0 radical (unpaired) electrons. The Morgan fingerprint density at radius 3 is 2.68 bits per heavy atom. The van der Waals surface area contributed by atoms with Crippen molar-refractivity contribution in [3.05, 3.63) is 29.3 Å². The molecule has 1 amide bonds. The second-order valence-electron chi connectivity index (χ2n) is 6.70. The molecule has 1 fully saturated rings. The first kappa shape index (κ1) is 17.5. The van der Waals surface area contributed by atoms with Gasteiger partial charge in [-0.25, -0.2) is 4.79 Å². The van der Waals surface area contributed by atoms with Crippen molar-refractivity contribution in [2.75, 3.05) is 18.8 Å². The van der Waals surface area contributed by atoms with Gasteiger partial charge in [-0.3, -0.25) is 0 Å². The maximum atomic E-state index is 12.2. The van der Waals surface area contributed by atoms with E-state index in [-0.39, 0.29) is 6.09 Å². The molecule has 1 aliphatic rings. The van der Waals surface area contributed by atoms with Crippen LogP contribution in [0.15, 0.2) is 29.2 Å². The van der Waals surface area contributed by atoms with Gasteiger partial charge in [0.15, 0.2) is 0 Å². The lowest BCUT2D eigenvalue weighted by Crippen LogP contribution is -2.43. The summed E-state index contributed by atoms with van der Waals surface area (Å²) in [5.41, 5.74) is -0.428. The van der Waals surface area contributed by atoms with Crippen molar-refractivity contribution in [2.24, 2.45) is 5.92 Å². The zero-order valence-electron chi connectivity index (χ0n) is 13.5. The van der Waals surface area contributed by atoms with Crippen LogP contribution in [0, 0.1) is 5.92 Å². The molecule has 1 unspecified atom stereocenters. The number of likely N-dealkylation sites (tertiary alicyclic amines) is 1. The molecule has 1 heterocycles. The zero-order chi connectivity index (χ0) is 16.2. The Kier molecular flexibility index (Phi) is 6.04. The lowest BCUT2D eigenvalue weighted by atomic mass is 10.0. The van der Waals surface area contributed by atoms with Crippen molar-refractivity contribution < 1.29 is 9.53 Å². The molecule has 1 atom stereocenters. The van der Waals surface area contributed by atoms with Crippen molar-refractivity contribution in [1.82, 2.24) is 4.90 Å². The van der Waals surface area contributed by atoms with E-state index in [1.807, 2.05) is 61.7 Å². The number of thioether (sulfide) groups is 1. The van der Waals surface area contributed by atoms with Crippen LogP contribution in [0.2, 0.25) is 5.02 Å². The highest BCUT2D eigenvalue weighted by Crippen LogP contribution is 2.27. The highest BCUT2D eigenvalue weighted by atomic mass is 35.5. The van der Waals surface area contributed by atoms with Crippen LogP contribution in [0.25, 0.3) is 0 Å². The maximum Gasteiger partial charge on any atom is 0.410 e. The highest BCUT2D eigenvalue weighted by Gasteiger charge is 2.27. The molecule has 1 aromatic rings. The molecule has 0 saturated carbocycles. The van der Waals surface area contributed by atoms with Crippen molar-refractivity contribution in [1.29, 1.82) is 0 Å². The summed E-state index contributed by atoms with van der Waals surface area (Å²) in [4.78, 5) is 15.2. The minimum absolute atomic E-state index is 0.186. The standard InChI is InChI=1S/C17H24ClNO2S/c1-17(2,3)21-16(20)19-10-4-5-13(11-19)12-22-15-8-6-14(18)7-9-15/h6-9,13H,4-5,10-12H2,1-3H3. The van der Waals surface area contributed by atoms with E-state index in [4.69, 9.17) is 16.3 Å². The van der Waals surface area contributed by atoms with Gasteiger partial charge in [0.2, 0.25) is 0 Å². The van der Waals surface area contributed by atoms with E-state index in [1.54, 1.807) is 0 Å². The number of amides is 1. The van der Waals surface area contributed by atoms with Crippen molar-refractivity contribution in [2.45, 2.75) is 44.1 Å². The number of rotatable bonds is 3. The first-order chi connectivity index (χ1) is 10.3. The third-order valence-electron chi connectivity index (χ3n) is 3.47. The SMILES string of the molecule is CC(C)(C)OC(=O)N1CCCC(CSc2ccc(Cl)cc2)C1. The van der Waals surface area contributed by atoms with Crippen LogP contribution < -0.4 is 0 Å². The predicted octanol–water partition coefficient (Wildman–Crippen LogP) is 5.08. The lowest BCUT2D eigenvalue weighted by Gasteiger charge is -2.34. The number of piperidine rings is 1. The number of nitrogens with zero attached hydrogens (tertiary/aromatic N) is 1. The number of benzene rings is 1. The fourth-order valence-electron chi connectivity index (χ4n) is 2.44. The molecule has 22 heavy (non-hydrogen) atoms. The van der Waals surface area contributed by atoms with Crippen LogP contribution in [-0.4, -0.2) is 35.4 Å².